The highest BCUT2D eigenvalue weighted by atomic mass is 16.5. The third kappa shape index (κ3) is 3.11. The molecule has 3 aromatic rings. The van der Waals surface area contributed by atoms with E-state index < -0.39 is 0 Å². The van der Waals surface area contributed by atoms with Crippen molar-refractivity contribution in [2.75, 3.05) is 31.1 Å². The smallest absolute Gasteiger partial charge is 0.240 e. The van der Waals surface area contributed by atoms with Gasteiger partial charge in [-0.2, -0.15) is 10.1 Å². The summed E-state index contributed by atoms with van der Waals surface area (Å²) in [7, 11) is 0. The van der Waals surface area contributed by atoms with Crippen LogP contribution in [0, 0.1) is 6.92 Å². The van der Waals surface area contributed by atoms with Crippen LogP contribution in [0.1, 0.15) is 11.7 Å². The SMILES string of the molecule is Cc1noc(CN2CCN(c3cc(-n4cccn4)ncn3)CC2)n1. The van der Waals surface area contributed by atoms with Gasteiger partial charge in [-0.05, 0) is 13.0 Å². The molecule has 0 aromatic carbocycles. The van der Waals surface area contributed by atoms with Crippen LogP contribution in [0.4, 0.5) is 5.82 Å². The van der Waals surface area contributed by atoms with E-state index in [1.54, 1.807) is 17.2 Å². The number of anilines is 1. The Bertz CT molecular complexity index is 791. The van der Waals surface area contributed by atoms with E-state index in [1.807, 2.05) is 25.3 Å². The predicted octanol–water partition coefficient (Wildman–Crippen LogP) is 0.676. The number of nitrogens with zero attached hydrogens (tertiary/aromatic N) is 8. The van der Waals surface area contributed by atoms with Crippen LogP contribution in [0.25, 0.3) is 5.82 Å². The fourth-order valence-electron chi connectivity index (χ4n) is 2.77. The van der Waals surface area contributed by atoms with Gasteiger partial charge in [-0.3, -0.25) is 4.90 Å². The van der Waals surface area contributed by atoms with Crippen LogP contribution in [0.15, 0.2) is 35.4 Å². The highest BCUT2D eigenvalue weighted by Gasteiger charge is 2.20. The largest absolute Gasteiger partial charge is 0.354 e. The molecule has 4 rings (SSSR count). The van der Waals surface area contributed by atoms with Crippen molar-refractivity contribution in [1.82, 2.24) is 34.8 Å². The van der Waals surface area contributed by atoms with Crippen molar-refractivity contribution in [3.63, 3.8) is 0 Å². The molecule has 0 amide bonds. The average molecular weight is 326 g/mol. The summed E-state index contributed by atoms with van der Waals surface area (Å²) in [4.78, 5) is 17.5. The molecule has 0 radical (unpaired) electrons. The van der Waals surface area contributed by atoms with E-state index in [0.717, 1.165) is 37.8 Å². The summed E-state index contributed by atoms with van der Waals surface area (Å²) in [6, 6.07) is 3.84. The Morgan fingerprint density at radius 2 is 1.96 bits per heavy atom. The Labute approximate surface area is 138 Å². The van der Waals surface area contributed by atoms with Gasteiger partial charge in [0.2, 0.25) is 5.89 Å². The molecule has 9 heteroatoms. The first-order valence-electron chi connectivity index (χ1n) is 7.86. The lowest BCUT2D eigenvalue weighted by Gasteiger charge is -2.34. The summed E-state index contributed by atoms with van der Waals surface area (Å²) in [5, 5.41) is 8.04. The monoisotopic (exact) mass is 326 g/mol. The summed E-state index contributed by atoms with van der Waals surface area (Å²) < 4.78 is 6.92. The molecule has 0 bridgehead atoms. The van der Waals surface area contributed by atoms with Crippen molar-refractivity contribution in [3.8, 4) is 5.82 Å². The van der Waals surface area contributed by atoms with Crippen LogP contribution >= 0.6 is 0 Å². The fraction of sp³-hybridized carbons (Fsp3) is 0.400. The van der Waals surface area contributed by atoms with Gasteiger partial charge in [0.25, 0.3) is 0 Å². The molecule has 4 heterocycles. The van der Waals surface area contributed by atoms with Gasteiger partial charge in [0.05, 0.1) is 6.54 Å². The molecule has 0 aliphatic carbocycles. The molecular formula is C15H18N8O. The molecular weight excluding hydrogens is 308 g/mol. The summed E-state index contributed by atoms with van der Waals surface area (Å²) in [5.74, 6) is 3.04. The normalized spacial score (nSPS) is 15.8. The standard InChI is InChI=1S/C15H18N8O/c1-12-19-15(24-20-12)10-21-5-7-22(8-6-21)13-9-14(17-11-16-13)23-4-2-3-18-23/h2-4,9,11H,5-8,10H2,1H3. The lowest BCUT2D eigenvalue weighted by Crippen LogP contribution is -2.46. The number of hydrogen-bond donors (Lipinski definition) is 0. The highest BCUT2D eigenvalue weighted by Crippen LogP contribution is 2.16. The average Bonchev–Trinajstić information content (AvgIpc) is 3.28. The van der Waals surface area contributed by atoms with Gasteiger partial charge >= 0.3 is 0 Å². The number of aryl methyl sites for hydroxylation is 1. The van der Waals surface area contributed by atoms with E-state index in [2.05, 4.69) is 35.0 Å². The van der Waals surface area contributed by atoms with Crippen molar-refractivity contribution in [1.29, 1.82) is 0 Å². The van der Waals surface area contributed by atoms with Crippen molar-refractivity contribution in [3.05, 3.63) is 42.6 Å². The molecule has 24 heavy (non-hydrogen) atoms. The van der Waals surface area contributed by atoms with Crippen LogP contribution in [0.2, 0.25) is 0 Å². The van der Waals surface area contributed by atoms with Gasteiger partial charge in [-0.25, -0.2) is 14.6 Å². The van der Waals surface area contributed by atoms with Gasteiger partial charge in [-0.15, -0.1) is 0 Å². The van der Waals surface area contributed by atoms with Crippen LogP contribution in [-0.2, 0) is 6.54 Å². The Morgan fingerprint density at radius 3 is 2.67 bits per heavy atom. The van der Waals surface area contributed by atoms with Gasteiger partial charge in [-0.1, -0.05) is 5.16 Å². The van der Waals surface area contributed by atoms with Crippen LogP contribution in [0.5, 0.6) is 0 Å². The molecule has 1 aliphatic rings. The van der Waals surface area contributed by atoms with Crippen LogP contribution in [-0.4, -0.2) is 61.0 Å². The topological polar surface area (TPSA) is 89.0 Å². The Balaban J connectivity index is 1.40. The minimum atomic E-state index is 0.670. The van der Waals surface area contributed by atoms with Gasteiger partial charge in [0.1, 0.15) is 12.1 Å². The van der Waals surface area contributed by atoms with Gasteiger partial charge < -0.3 is 9.42 Å². The maximum atomic E-state index is 5.19. The van der Waals surface area contributed by atoms with E-state index in [1.165, 1.54) is 0 Å². The number of piperazine rings is 1. The number of rotatable bonds is 4. The van der Waals surface area contributed by atoms with E-state index in [9.17, 15) is 0 Å². The van der Waals surface area contributed by atoms with Crippen LogP contribution in [0.3, 0.4) is 0 Å². The fourth-order valence-corrected chi connectivity index (χ4v) is 2.77. The number of aromatic nitrogens is 6. The van der Waals surface area contributed by atoms with E-state index >= 15 is 0 Å². The van der Waals surface area contributed by atoms with E-state index in [4.69, 9.17) is 4.52 Å². The third-order valence-corrected chi connectivity index (χ3v) is 4.00. The molecule has 0 unspecified atom stereocenters. The zero-order valence-corrected chi connectivity index (χ0v) is 13.4. The van der Waals surface area contributed by atoms with Crippen molar-refractivity contribution >= 4 is 5.82 Å². The molecule has 0 spiro atoms. The Morgan fingerprint density at radius 1 is 1.12 bits per heavy atom. The molecule has 0 atom stereocenters. The molecule has 9 nitrogen and oxygen atoms in total. The molecule has 3 aromatic heterocycles. The summed E-state index contributed by atoms with van der Waals surface area (Å²) in [5.41, 5.74) is 0. The molecule has 0 N–H and O–H groups in total. The molecule has 1 fully saturated rings. The lowest BCUT2D eigenvalue weighted by atomic mass is 10.3. The molecule has 1 aliphatic heterocycles. The van der Waals surface area contributed by atoms with Crippen molar-refractivity contribution in [2.24, 2.45) is 0 Å². The zero-order valence-electron chi connectivity index (χ0n) is 13.4. The second kappa shape index (κ2) is 6.36. The first-order valence-corrected chi connectivity index (χ1v) is 7.86. The minimum absolute atomic E-state index is 0.670. The van der Waals surface area contributed by atoms with Gasteiger partial charge in [0.15, 0.2) is 11.6 Å². The van der Waals surface area contributed by atoms with Crippen LogP contribution < -0.4 is 4.90 Å². The second-order valence-corrected chi connectivity index (χ2v) is 5.68. The third-order valence-electron chi connectivity index (χ3n) is 4.00. The first-order chi connectivity index (χ1) is 11.8. The lowest BCUT2D eigenvalue weighted by molar-refractivity contribution is 0.215. The summed E-state index contributed by atoms with van der Waals surface area (Å²) in [6.45, 7) is 6.14. The van der Waals surface area contributed by atoms with Crippen molar-refractivity contribution < 1.29 is 4.52 Å². The quantitative estimate of drug-likeness (QED) is 0.691. The van der Waals surface area contributed by atoms with E-state index in [0.29, 0.717) is 18.3 Å². The van der Waals surface area contributed by atoms with E-state index in [-0.39, 0.29) is 0 Å². The highest BCUT2D eigenvalue weighted by molar-refractivity contribution is 5.43. The first kappa shape index (κ1) is 14.8. The molecule has 1 saturated heterocycles. The summed E-state index contributed by atoms with van der Waals surface area (Å²) >= 11 is 0. The zero-order chi connectivity index (χ0) is 16.4. The Hall–Kier alpha value is -2.81. The number of hydrogen-bond acceptors (Lipinski definition) is 8. The maximum absolute atomic E-state index is 5.19. The maximum Gasteiger partial charge on any atom is 0.240 e. The summed E-state index contributed by atoms with van der Waals surface area (Å²) in [6.07, 6.45) is 5.19. The van der Waals surface area contributed by atoms with Gasteiger partial charge in [0, 0.05) is 44.6 Å². The second-order valence-electron chi connectivity index (χ2n) is 5.68. The minimum Gasteiger partial charge on any atom is -0.354 e. The van der Waals surface area contributed by atoms with Crippen molar-refractivity contribution in [2.45, 2.75) is 13.5 Å². The molecule has 124 valence electrons. The predicted molar refractivity (Wildman–Crippen MR) is 85.7 cm³/mol. The molecule has 0 saturated carbocycles. The Kier molecular flexibility index (Phi) is 3.91.